The molecule has 1 spiro atoms. The van der Waals surface area contributed by atoms with Crippen LogP contribution in [0.25, 0.3) is 0 Å². The van der Waals surface area contributed by atoms with Gasteiger partial charge in [-0.25, -0.2) is 4.79 Å². The van der Waals surface area contributed by atoms with Gasteiger partial charge in [0.2, 0.25) is 5.91 Å². The number of likely N-dealkylation sites (tertiary alicyclic amines) is 1. The predicted octanol–water partition coefficient (Wildman–Crippen LogP) is 0.595. The third-order valence-corrected chi connectivity index (χ3v) is 6.57. The van der Waals surface area contributed by atoms with Crippen LogP contribution >= 0.6 is 0 Å². The van der Waals surface area contributed by atoms with Gasteiger partial charge in [-0.1, -0.05) is 12.8 Å². The lowest BCUT2D eigenvalue weighted by Crippen LogP contribution is -3.16. The van der Waals surface area contributed by atoms with Gasteiger partial charge in [0.15, 0.2) is 0 Å². The molecule has 0 aromatic rings. The minimum atomic E-state index is -0.646. The summed E-state index contributed by atoms with van der Waals surface area (Å²) in [5, 5.41) is 5.86. The van der Waals surface area contributed by atoms with Gasteiger partial charge in [-0.05, 0) is 45.4 Å². The number of piperidine rings is 1. The molecule has 0 aromatic heterocycles. The van der Waals surface area contributed by atoms with E-state index in [2.05, 4.69) is 17.6 Å². The Bertz CT molecular complexity index is 559. The fourth-order valence-corrected chi connectivity index (χ4v) is 4.85. The average molecular weight is 380 g/mol. The van der Waals surface area contributed by atoms with E-state index in [9.17, 15) is 14.4 Å². The molecule has 7 heteroatoms. The molecule has 3 aliphatic rings. The predicted molar refractivity (Wildman–Crippen MR) is 102 cm³/mol. The molecule has 2 aliphatic heterocycles. The number of nitrogens with zero attached hydrogens (tertiary/aromatic N) is 1. The molecule has 3 N–H and O–H groups in total. The second-order valence-corrected chi connectivity index (χ2v) is 8.54. The normalized spacial score (nSPS) is 27.2. The van der Waals surface area contributed by atoms with Crippen LogP contribution in [0.2, 0.25) is 0 Å². The number of imide groups is 1. The van der Waals surface area contributed by atoms with Crippen molar-refractivity contribution in [3.05, 3.63) is 0 Å². The number of carbonyl (C=O) groups excluding carboxylic acids is 3. The third kappa shape index (κ3) is 4.81. The van der Waals surface area contributed by atoms with E-state index in [0.29, 0.717) is 25.9 Å². The molecule has 1 unspecified atom stereocenters. The molecule has 0 bridgehead atoms. The Morgan fingerprint density at radius 3 is 2.74 bits per heavy atom. The second-order valence-electron chi connectivity index (χ2n) is 8.54. The van der Waals surface area contributed by atoms with Gasteiger partial charge < -0.3 is 15.5 Å². The Morgan fingerprint density at radius 1 is 1.22 bits per heavy atom. The maximum absolute atomic E-state index is 12.5. The summed E-state index contributed by atoms with van der Waals surface area (Å²) >= 11 is 0. The zero-order valence-electron chi connectivity index (χ0n) is 16.6. The van der Waals surface area contributed by atoms with Gasteiger partial charge in [-0.3, -0.25) is 14.5 Å². The van der Waals surface area contributed by atoms with Crippen molar-refractivity contribution in [1.82, 2.24) is 15.5 Å². The molecule has 4 amide bonds. The van der Waals surface area contributed by atoms with Crippen molar-refractivity contribution in [1.29, 1.82) is 0 Å². The maximum atomic E-state index is 12.5. The highest BCUT2D eigenvalue weighted by Crippen LogP contribution is 2.35. The van der Waals surface area contributed by atoms with E-state index in [1.165, 1.54) is 30.7 Å². The summed E-state index contributed by atoms with van der Waals surface area (Å²) in [6, 6.07) is 0.447. The molecule has 2 saturated heterocycles. The van der Waals surface area contributed by atoms with Crippen molar-refractivity contribution in [2.24, 2.45) is 0 Å². The Morgan fingerprint density at radius 2 is 2.00 bits per heavy atom. The number of hydrogen-bond acceptors (Lipinski definition) is 3. The Kier molecular flexibility index (Phi) is 6.73. The average Bonchev–Trinajstić information content (AvgIpc) is 3.20. The van der Waals surface area contributed by atoms with E-state index in [0.717, 1.165) is 44.7 Å². The number of urea groups is 1. The first-order chi connectivity index (χ1) is 13.0. The summed E-state index contributed by atoms with van der Waals surface area (Å²) in [5.74, 6) is -0.0802. The van der Waals surface area contributed by atoms with Crippen molar-refractivity contribution in [3.8, 4) is 0 Å². The molecule has 27 heavy (non-hydrogen) atoms. The summed E-state index contributed by atoms with van der Waals surface area (Å²) in [4.78, 5) is 39.6. The molecule has 3 rings (SSSR count). The smallest absolute Gasteiger partial charge is 0.325 e. The lowest BCUT2D eigenvalue weighted by Gasteiger charge is -2.30. The fourth-order valence-electron chi connectivity index (χ4n) is 4.85. The second kappa shape index (κ2) is 9.04. The molecule has 3 fully saturated rings. The SMILES string of the molecule is C[C@H]1CCCC[NH+]1CCCNC(=O)CCCN1C(=O)NC2(CCCC2)C1=O. The zero-order chi connectivity index (χ0) is 19.3. The van der Waals surface area contributed by atoms with Gasteiger partial charge in [-0.15, -0.1) is 0 Å². The highest BCUT2D eigenvalue weighted by molar-refractivity contribution is 6.07. The number of quaternary nitrogens is 1. The van der Waals surface area contributed by atoms with Gasteiger partial charge in [0, 0.05) is 25.9 Å². The number of carbonyl (C=O) groups is 3. The number of rotatable bonds is 8. The van der Waals surface area contributed by atoms with Crippen molar-refractivity contribution in [2.75, 3.05) is 26.2 Å². The van der Waals surface area contributed by atoms with Crippen LogP contribution in [0.15, 0.2) is 0 Å². The summed E-state index contributed by atoms with van der Waals surface area (Å²) in [6.07, 6.45) is 9.31. The van der Waals surface area contributed by atoms with E-state index in [4.69, 9.17) is 0 Å². The van der Waals surface area contributed by atoms with E-state index < -0.39 is 5.54 Å². The zero-order valence-corrected chi connectivity index (χ0v) is 16.6. The third-order valence-electron chi connectivity index (χ3n) is 6.57. The first-order valence-corrected chi connectivity index (χ1v) is 10.8. The molecule has 2 atom stereocenters. The lowest BCUT2D eigenvalue weighted by molar-refractivity contribution is -0.928. The van der Waals surface area contributed by atoms with Gasteiger partial charge in [-0.2, -0.15) is 0 Å². The molecule has 1 saturated carbocycles. The first-order valence-electron chi connectivity index (χ1n) is 10.8. The highest BCUT2D eigenvalue weighted by atomic mass is 16.2. The van der Waals surface area contributed by atoms with Crippen LogP contribution in [0.1, 0.15) is 71.1 Å². The van der Waals surface area contributed by atoms with E-state index in [1.807, 2.05) is 0 Å². The lowest BCUT2D eigenvalue weighted by atomic mass is 9.98. The van der Waals surface area contributed by atoms with Crippen LogP contribution in [0.3, 0.4) is 0 Å². The van der Waals surface area contributed by atoms with Crippen molar-refractivity contribution < 1.29 is 19.3 Å². The van der Waals surface area contributed by atoms with E-state index >= 15 is 0 Å². The van der Waals surface area contributed by atoms with Crippen LogP contribution in [-0.2, 0) is 9.59 Å². The summed E-state index contributed by atoms with van der Waals surface area (Å²) in [6.45, 7) is 5.73. The quantitative estimate of drug-likeness (QED) is 0.426. The molecule has 2 heterocycles. The number of hydrogen-bond donors (Lipinski definition) is 3. The molecule has 1 aliphatic carbocycles. The summed E-state index contributed by atoms with van der Waals surface area (Å²) in [5.41, 5.74) is -0.646. The maximum Gasteiger partial charge on any atom is 0.325 e. The topological polar surface area (TPSA) is 82.9 Å². The molecule has 0 radical (unpaired) electrons. The van der Waals surface area contributed by atoms with Crippen LogP contribution in [0.5, 0.6) is 0 Å². The van der Waals surface area contributed by atoms with Gasteiger partial charge >= 0.3 is 6.03 Å². The van der Waals surface area contributed by atoms with Crippen LogP contribution in [0, 0.1) is 0 Å². The number of nitrogens with one attached hydrogen (secondary N) is 3. The van der Waals surface area contributed by atoms with Crippen LogP contribution in [-0.4, -0.2) is 60.5 Å². The van der Waals surface area contributed by atoms with E-state index in [-0.39, 0.29) is 17.8 Å². The Labute approximate surface area is 162 Å². The minimum absolute atomic E-state index is 0.0133. The molecule has 152 valence electrons. The molecular weight excluding hydrogens is 344 g/mol. The largest absolute Gasteiger partial charge is 0.356 e. The number of amides is 4. The molecule has 7 nitrogen and oxygen atoms in total. The van der Waals surface area contributed by atoms with Crippen LogP contribution in [0.4, 0.5) is 4.79 Å². The van der Waals surface area contributed by atoms with Crippen molar-refractivity contribution >= 4 is 17.8 Å². The van der Waals surface area contributed by atoms with Gasteiger partial charge in [0.05, 0.1) is 19.1 Å². The van der Waals surface area contributed by atoms with Gasteiger partial charge in [0.25, 0.3) is 5.91 Å². The summed E-state index contributed by atoms with van der Waals surface area (Å²) < 4.78 is 0. The fraction of sp³-hybridized carbons (Fsp3) is 0.850. The van der Waals surface area contributed by atoms with Gasteiger partial charge in [0.1, 0.15) is 5.54 Å². The minimum Gasteiger partial charge on any atom is -0.356 e. The molecular formula is C20H35N4O3+. The molecule has 0 aromatic carbocycles. The van der Waals surface area contributed by atoms with Crippen LogP contribution < -0.4 is 15.5 Å². The standard InChI is InChI=1S/C20H34N4O3/c1-16-8-2-5-13-23(16)14-7-12-21-17(25)9-6-15-24-18(26)20(22-19(24)27)10-3-4-11-20/h16H,2-15H2,1H3,(H,21,25)(H,22,27)/p+1/t16-/m0/s1. The van der Waals surface area contributed by atoms with Crippen molar-refractivity contribution in [2.45, 2.75) is 82.7 Å². The Balaban J connectivity index is 1.29. The van der Waals surface area contributed by atoms with Crippen molar-refractivity contribution in [3.63, 3.8) is 0 Å². The Hall–Kier alpha value is -1.63. The highest BCUT2D eigenvalue weighted by Gasteiger charge is 2.52. The summed E-state index contributed by atoms with van der Waals surface area (Å²) in [7, 11) is 0. The monoisotopic (exact) mass is 379 g/mol. The van der Waals surface area contributed by atoms with E-state index in [1.54, 1.807) is 4.90 Å². The first kappa shape index (κ1) is 20.1.